The molecule has 186 valence electrons. The van der Waals surface area contributed by atoms with Crippen molar-refractivity contribution in [2.45, 2.75) is 64.1 Å². The van der Waals surface area contributed by atoms with Gasteiger partial charge in [0.2, 0.25) is 5.91 Å². The lowest BCUT2D eigenvalue weighted by Crippen LogP contribution is -2.48. The van der Waals surface area contributed by atoms with Crippen molar-refractivity contribution >= 4 is 17.5 Å². The number of fused-ring (bicyclic) bond motifs is 1. The van der Waals surface area contributed by atoms with E-state index >= 15 is 0 Å². The predicted molar refractivity (Wildman–Crippen MR) is 139 cm³/mol. The highest BCUT2D eigenvalue weighted by molar-refractivity contribution is 5.95. The van der Waals surface area contributed by atoms with Crippen molar-refractivity contribution in [3.63, 3.8) is 0 Å². The van der Waals surface area contributed by atoms with Gasteiger partial charge in [0.05, 0.1) is 0 Å². The minimum atomic E-state index is 0.138. The molecule has 2 fully saturated rings. The molecule has 0 saturated carbocycles. The maximum absolute atomic E-state index is 13.3. The lowest BCUT2D eigenvalue weighted by Gasteiger charge is -2.40. The molecule has 0 bridgehead atoms. The lowest BCUT2D eigenvalue weighted by atomic mass is 9.95. The van der Waals surface area contributed by atoms with E-state index in [0.29, 0.717) is 18.5 Å². The third kappa shape index (κ3) is 5.53. The number of carbonyl (C=O) groups is 2. The van der Waals surface area contributed by atoms with E-state index in [0.717, 1.165) is 82.6 Å². The van der Waals surface area contributed by atoms with Crippen LogP contribution in [0.2, 0.25) is 0 Å². The minimum Gasteiger partial charge on any atom is -0.382 e. The van der Waals surface area contributed by atoms with Gasteiger partial charge in [-0.25, -0.2) is 0 Å². The Kier molecular flexibility index (Phi) is 7.37. The summed E-state index contributed by atoms with van der Waals surface area (Å²) in [7, 11) is 0. The Labute approximate surface area is 209 Å². The fraction of sp³-hybridized carbons (Fsp3) is 0.517. The average Bonchev–Trinajstić information content (AvgIpc) is 2.92. The van der Waals surface area contributed by atoms with Crippen LogP contribution in [0.1, 0.15) is 60.5 Å². The Bertz CT molecular complexity index is 1040. The number of carbonyl (C=O) groups excluding carboxylic acids is 2. The number of anilines is 1. The first kappa shape index (κ1) is 23.9. The van der Waals surface area contributed by atoms with Gasteiger partial charge in [-0.05, 0) is 61.4 Å². The molecule has 2 aromatic carbocycles. The summed E-state index contributed by atoms with van der Waals surface area (Å²) in [4.78, 5) is 31.8. The molecule has 2 aromatic rings. The maximum atomic E-state index is 13.3. The van der Waals surface area contributed by atoms with Crippen LogP contribution in [-0.4, -0.2) is 71.3 Å². The molecule has 3 aliphatic rings. The van der Waals surface area contributed by atoms with Crippen LogP contribution in [0, 0.1) is 0 Å². The van der Waals surface area contributed by atoms with E-state index in [-0.39, 0.29) is 11.8 Å². The molecule has 0 radical (unpaired) electrons. The molecule has 0 aliphatic carbocycles. The molecule has 0 unspecified atom stereocenters. The topological polar surface area (TPSA) is 55.9 Å². The van der Waals surface area contributed by atoms with Crippen molar-refractivity contribution in [2.24, 2.45) is 0 Å². The second-order valence-corrected chi connectivity index (χ2v) is 10.2. The standard InChI is InChI=1S/C29H38N4O2/c1-2-28(34)31-16-11-25(12-17-31)30-26-9-5-8-23(20-26)29(35)32-18-13-27(14-19-32)33-15-10-22-6-3-4-7-24(22)21-33/h3-9,20,25,27,30H,2,10-19,21H2,1H3. The molecular weight excluding hydrogens is 436 g/mol. The second kappa shape index (κ2) is 10.8. The molecule has 5 rings (SSSR count). The van der Waals surface area contributed by atoms with Crippen LogP contribution in [0.5, 0.6) is 0 Å². The molecule has 0 atom stereocenters. The summed E-state index contributed by atoms with van der Waals surface area (Å²) in [5.74, 6) is 0.379. The monoisotopic (exact) mass is 474 g/mol. The van der Waals surface area contributed by atoms with Gasteiger partial charge in [-0.15, -0.1) is 0 Å². The van der Waals surface area contributed by atoms with Gasteiger partial charge < -0.3 is 15.1 Å². The van der Waals surface area contributed by atoms with E-state index in [4.69, 9.17) is 0 Å². The fourth-order valence-electron chi connectivity index (χ4n) is 5.92. The fourth-order valence-corrected chi connectivity index (χ4v) is 5.92. The van der Waals surface area contributed by atoms with E-state index in [1.807, 2.05) is 41.0 Å². The molecule has 3 heterocycles. The highest BCUT2D eigenvalue weighted by Crippen LogP contribution is 2.26. The highest BCUT2D eigenvalue weighted by atomic mass is 16.2. The number of nitrogens with zero attached hydrogens (tertiary/aromatic N) is 3. The zero-order chi connectivity index (χ0) is 24.2. The summed E-state index contributed by atoms with van der Waals surface area (Å²) in [6.45, 7) is 7.33. The number of amides is 2. The van der Waals surface area contributed by atoms with Gasteiger partial charge in [0, 0.05) is 69.0 Å². The first-order valence-electron chi connectivity index (χ1n) is 13.3. The number of nitrogens with one attached hydrogen (secondary N) is 1. The number of likely N-dealkylation sites (tertiary alicyclic amines) is 2. The van der Waals surface area contributed by atoms with Crippen molar-refractivity contribution in [2.75, 3.05) is 38.0 Å². The van der Waals surface area contributed by atoms with E-state index in [1.54, 1.807) is 0 Å². The van der Waals surface area contributed by atoms with Crippen molar-refractivity contribution < 1.29 is 9.59 Å². The third-order valence-corrected chi connectivity index (χ3v) is 8.06. The van der Waals surface area contributed by atoms with Gasteiger partial charge in [-0.3, -0.25) is 14.5 Å². The molecule has 6 heteroatoms. The first-order chi connectivity index (χ1) is 17.1. The van der Waals surface area contributed by atoms with Crippen molar-refractivity contribution in [3.8, 4) is 0 Å². The zero-order valence-corrected chi connectivity index (χ0v) is 20.9. The van der Waals surface area contributed by atoms with Crippen LogP contribution in [0.4, 0.5) is 5.69 Å². The molecule has 0 spiro atoms. The quantitative estimate of drug-likeness (QED) is 0.707. The Balaban J connectivity index is 1.13. The number of hydrogen-bond acceptors (Lipinski definition) is 4. The normalized spacial score (nSPS) is 19.9. The molecule has 0 aromatic heterocycles. The number of rotatable bonds is 5. The van der Waals surface area contributed by atoms with Gasteiger partial charge in [0.15, 0.2) is 0 Å². The van der Waals surface area contributed by atoms with Crippen LogP contribution in [-0.2, 0) is 17.8 Å². The summed E-state index contributed by atoms with van der Waals surface area (Å²) in [6, 6.07) is 17.7. The summed E-state index contributed by atoms with van der Waals surface area (Å²) in [5.41, 5.74) is 4.71. The third-order valence-electron chi connectivity index (χ3n) is 8.06. The Hall–Kier alpha value is -2.86. The largest absolute Gasteiger partial charge is 0.382 e. The van der Waals surface area contributed by atoms with E-state index < -0.39 is 0 Å². The Morgan fingerprint density at radius 3 is 2.31 bits per heavy atom. The van der Waals surface area contributed by atoms with Crippen molar-refractivity contribution in [3.05, 3.63) is 65.2 Å². The zero-order valence-electron chi connectivity index (χ0n) is 20.9. The Morgan fingerprint density at radius 2 is 1.57 bits per heavy atom. The predicted octanol–water partition coefficient (Wildman–Crippen LogP) is 4.16. The molecule has 2 amide bonds. The molecule has 6 nitrogen and oxygen atoms in total. The van der Waals surface area contributed by atoms with E-state index in [2.05, 4.69) is 34.5 Å². The molecule has 35 heavy (non-hydrogen) atoms. The number of benzene rings is 2. The van der Waals surface area contributed by atoms with E-state index in [1.165, 1.54) is 11.1 Å². The minimum absolute atomic E-state index is 0.138. The van der Waals surface area contributed by atoms with E-state index in [9.17, 15) is 9.59 Å². The Morgan fingerprint density at radius 1 is 0.857 bits per heavy atom. The first-order valence-corrected chi connectivity index (χ1v) is 13.3. The molecule has 1 N–H and O–H groups in total. The summed E-state index contributed by atoms with van der Waals surface area (Å²) in [5, 5.41) is 3.60. The van der Waals surface area contributed by atoms with Gasteiger partial charge in [0.25, 0.3) is 5.91 Å². The van der Waals surface area contributed by atoms with Crippen LogP contribution >= 0.6 is 0 Å². The maximum Gasteiger partial charge on any atom is 0.253 e. The van der Waals surface area contributed by atoms with Gasteiger partial charge in [-0.2, -0.15) is 0 Å². The number of hydrogen-bond donors (Lipinski definition) is 1. The van der Waals surface area contributed by atoms with Gasteiger partial charge in [-0.1, -0.05) is 37.3 Å². The molecule has 2 saturated heterocycles. The smallest absolute Gasteiger partial charge is 0.253 e. The van der Waals surface area contributed by atoms with Crippen LogP contribution < -0.4 is 5.32 Å². The van der Waals surface area contributed by atoms with Crippen LogP contribution in [0.3, 0.4) is 0 Å². The van der Waals surface area contributed by atoms with Crippen molar-refractivity contribution in [1.29, 1.82) is 0 Å². The summed E-state index contributed by atoms with van der Waals surface area (Å²) < 4.78 is 0. The van der Waals surface area contributed by atoms with Crippen molar-refractivity contribution in [1.82, 2.24) is 14.7 Å². The van der Waals surface area contributed by atoms with Gasteiger partial charge in [0.1, 0.15) is 0 Å². The molecule has 3 aliphatic heterocycles. The van der Waals surface area contributed by atoms with Crippen LogP contribution in [0.25, 0.3) is 0 Å². The highest BCUT2D eigenvalue weighted by Gasteiger charge is 2.29. The molecular formula is C29H38N4O2. The lowest BCUT2D eigenvalue weighted by molar-refractivity contribution is -0.131. The second-order valence-electron chi connectivity index (χ2n) is 10.2. The number of piperidine rings is 2. The summed E-state index contributed by atoms with van der Waals surface area (Å²) >= 11 is 0. The van der Waals surface area contributed by atoms with Crippen LogP contribution in [0.15, 0.2) is 48.5 Å². The SMILES string of the molecule is CCC(=O)N1CCC(Nc2cccc(C(=O)N3CCC(N4CCc5ccccc5C4)CC3)c2)CC1. The average molecular weight is 475 g/mol. The summed E-state index contributed by atoms with van der Waals surface area (Å²) in [6.07, 6.45) is 5.67. The van der Waals surface area contributed by atoms with Gasteiger partial charge >= 0.3 is 0 Å².